The second-order valence-corrected chi connectivity index (χ2v) is 15.2. The maximum Gasteiger partial charge on any atom is 0.0521 e. The lowest BCUT2D eigenvalue weighted by Gasteiger charge is -2.24. The van der Waals surface area contributed by atoms with Crippen LogP contribution in [0.25, 0.3) is 0 Å². The molecule has 0 aliphatic heterocycles. The highest BCUT2D eigenvalue weighted by Crippen LogP contribution is 2.24. The minimum atomic E-state index is -0.885. The highest BCUT2D eigenvalue weighted by Gasteiger charge is 2.20. The van der Waals surface area contributed by atoms with Crippen LogP contribution in [0.15, 0.2) is 0 Å². The maximum absolute atomic E-state index is 8.71. The van der Waals surface area contributed by atoms with Crippen LogP contribution >= 0.6 is 11.8 Å². The van der Waals surface area contributed by atoms with Crippen LogP contribution < -0.4 is 0 Å². The van der Waals surface area contributed by atoms with E-state index in [1.54, 1.807) is 6.04 Å². The fraction of sp³-hybridized carbons (Fsp3) is 1.00. The molecule has 0 atom stereocenters. The van der Waals surface area contributed by atoms with Crippen molar-refractivity contribution < 1.29 is 5.11 Å². The molecule has 24 heavy (non-hydrogen) atoms. The first-order valence-electron chi connectivity index (χ1n) is 10.7. The molecule has 3 heteroatoms. The molecule has 0 saturated carbocycles. The number of rotatable bonds is 18. The van der Waals surface area contributed by atoms with Crippen molar-refractivity contribution in [1.82, 2.24) is 0 Å². The Balaban J connectivity index is 3.18. The number of hydrogen-bond acceptors (Lipinski definition) is 2. The average molecular weight is 375 g/mol. The van der Waals surface area contributed by atoms with E-state index < -0.39 is 8.07 Å². The molecule has 0 rings (SSSR count). The molecule has 0 bridgehead atoms. The van der Waals surface area contributed by atoms with Gasteiger partial charge in [-0.2, -0.15) is 11.8 Å². The molecule has 0 aromatic rings. The topological polar surface area (TPSA) is 20.2 Å². The molecule has 1 nitrogen and oxygen atoms in total. The highest BCUT2D eigenvalue weighted by molar-refractivity contribution is 7.99. The molecule has 0 aliphatic carbocycles. The fourth-order valence-corrected chi connectivity index (χ4v) is 8.14. The largest absolute Gasteiger partial charge is 0.396 e. The van der Waals surface area contributed by atoms with Crippen LogP contribution in [-0.4, -0.2) is 31.3 Å². The van der Waals surface area contributed by atoms with Crippen LogP contribution in [0.4, 0.5) is 0 Å². The van der Waals surface area contributed by atoms with Crippen molar-refractivity contribution in [2.75, 3.05) is 18.1 Å². The summed E-state index contributed by atoms with van der Waals surface area (Å²) in [4.78, 5) is 0. The van der Waals surface area contributed by atoms with Gasteiger partial charge in [0.25, 0.3) is 0 Å². The van der Waals surface area contributed by atoms with Gasteiger partial charge in [-0.3, -0.25) is 0 Å². The Morgan fingerprint density at radius 2 is 1.17 bits per heavy atom. The standard InChI is InChI=1S/C21H46OSSi/c1-21(2)20-24(3,4)19-15-13-11-9-7-5-6-8-10-12-14-17-23-18-16-22/h21-22H,5-20H2,1-4H3. The normalized spacial score (nSPS) is 12.2. The van der Waals surface area contributed by atoms with Crippen molar-refractivity contribution in [3.63, 3.8) is 0 Å². The number of aliphatic hydroxyl groups is 1. The highest BCUT2D eigenvalue weighted by atomic mass is 32.2. The van der Waals surface area contributed by atoms with Gasteiger partial charge in [0.05, 0.1) is 6.61 Å². The van der Waals surface area contributed by atoms with Crippen LogP contribution in [0.3, 0.4) is 0 Å². The van der Waals surface area contributed by atoms with E-state index in [0.29, 0.717) is 6.61 Å². The number of unbranched alkanes of at least 4 members (excludes halogenated alkanes) is 10. The second-order valence-electron chi connectivity index (χ2n) is 8.74. The van der Waals surface area contributed by atoms with E-state index >= 15 is 0 Å². The minimum absolute atomic E-state index is 0.336. The van der Waals surface area contributed by atoms with Crippen LogP contribution in [0, 0.1) is 5.92 Å². The van der Waals surface area contributed by atoms with Gasteiger partial charge < -0.3 is 5.11 Å². The van der Waals surface area contributed by atoms with E-state index in [0.717, 1.165) is 11.7 Å². The van der Waals surface area contributed by atoms with Gasteiger partial charge in [-0.15, -0.1) is 0 Å². The Bertz CT molecular complexity index is 256. The monoisotopic (exact) mass is 374 g/mol. The second kappa shape index (κ2) is 17.0. The van der Waals surface area contributed by atoms with E-state index in [9.17, 15) is 0 Å². The Hall–Kier alpha value is 0.527. The first-order valence-corrected chi connectivity index (χ1v) is 15.2. The molecular weight excluding hydrogens is 328 g/mol. The molecule has 0 fully saturated rings. The Morgan fingerprint density at radius 1 is 0.708 bits per heavy atom. The smallest absolute Gasteiger partial charge is 0.0521 e. The quantitative estimate of drug-likeness (QED) is 0.200. The van der Waals surface area contributed by atoms with Gasteiger partial charge in [0.2, 0.25) is 0 Å². The molecule has 0 saturated heterocycles. The molecule has 0 aromatic carbocycles. The third kappa shape index (κ3) is 18.9. The van der Waals surface area contributed by atoms with Gasteiger partial charge in [-0.25, -0.2) is 0 Å². The summed E-state index contributed by atoms with van der Waals surface area (Å²) in [6.45, 7) is 10.3. The average Bonchev–Trinajstić information content (AvgIpc) is 2.49. The van der Waals surface area contributed by atoms with Crippen molar-refractivity contribution in [3.05, 3.63) is 0 Å². The molecule has 0 aliphatic rings. The van der Waals surface area contributed by atoms with Gasteiger partial charge in [0.15, 0.2) is 0 Å². The first-order chi connectivity index (χ1) is 11.5. The Labute approximate surface area is 158 Å². The number of aliphatic hydroxyl groups excluding tert-OH is 1. The van der Waals surface area contributed by atoms with E-state index in [-0.39, 0.29) is 0 Å². The van der Waals surface area contributed by atoms with E-state index in [4.69, 9.17) is 5.11 Å². The molecule has 0 heterocycles. The van der Waals surface area contributed by atoms with E-state index in [1.165, 1.54) is 82.4 Å². The van der Waals surface area contributed by atoms with Gasteiger partial charge >= 0.3 is 0 Å². The van der Waals surface area contributed by atoms with Crippen molar-refractivity contribution in [3.8, 4) is 0 Å². The van der Waals surface area contributed by atoms with E-state index in [2.05, 4.69) is 26.9 Å². The summed E-state index contributed by atoms with van der Waals surface area (Å²) in [6, 6.07) is 3.05. The van der Waals surface area contributed by atoms with Crippen LogP contribution in [0.1, 0.15) is 84.5 Å². The molecule has 0 radical (unpaired) electrons. The van der Waals surface area contributed by atoms with Gasteiger partial charge in [-0.05, 0) is 18.1 Å². The maximum atomic E-state index is 8.71. The Morgan fingerprint density at radius 3 is 1.62 bits per heavy atom. The summed E-state index contributed by atoms with van der Waals surface area (Å²) in [5.41, 5.74) is 0. The van der Waals surface area contributed by atoms with Gasteiger partial charge in [0, 0.05) is 13.8 Å². The summed E-state index contributed by atoms with van der Waals surface area (Å²) < 4.78 is 0. The lowest BCUT2D eigenvalue weighted by Crippen LogP contribution is -2.26. The molecular formula is C21H46OSSi. The molecule has 1 N–H and O–H groups in total. The summed E-state index contributed by atoms with van der Waals surface area (Å²) in [7, 11) is -0.885. The zero-order valence-corrected chi connectivity index (χ0v) is 19.1. The van der Waals surface area contributed by atoms with E-state index in [1.807, 2.05) is 11.8 Å². The van der Waals surface area contributed by atoms with Crippen molar-refractivity contribution in [2.24, 2.45) is 5.92 Å². The molecule has 0 unspecified atom stereocenters. The fourth-order valence-electron chi connectivity index (χ4n) is 3.77. The first kappa shape index (κ1) is 24.5. The number of hydrogen-bond donors (Lipinski definition) is 1. The predicted molar refractivity (Wildman–Crippen MR) is 117 cm³/mol. The van der Waals surface area contributed by atoms with Crippen LogP contribution in [0.2, 0.25) is 25.2 Å². The van der Waals surface area contributed by atoms with Crippen LogP contribution in [-0.2, 0) is 0 Å². The third-order valence-corrected chi connectivity index (χ3v) is 9.52. The summed E-state index contributed by atoms with van der Waals surface area (Å²) in [6.07, 6.45) is 15.8. The predicted octanol–water partition coefficient (Wildman–Crippen LogP) is 7.37. The zero-order chi connectivity index (χ0) is 18.1. The van der Waals surface area contributed by atoms with Gasteiger partial charge in [-0.1, -0.05) is 103 Å². The third-order valence-electron chi connectivity index (χ3n) is 4.84. The molecule has 0 amide bonds. The van der Waals surface area contributed by atoms with Crippen molar-refractivity contribution in [2.45, 2.75) is 110 Å². The van der Waals surface area contributed by atoms with Gasteiger partial charge in [0.1, 0.15) is 0 Å². The molecule has 146 valence electrons. The molecule has 0 spiro atoms. The number of thioether (sulfide) groups is 1. The van der Waals surface area contributed by atoms with Crippen LogP contribution in [0.5, 0.6) is 0 Å². The summed E-state index contributed by atoms with van der Waals surface area (Å²) in [5.74, 6) is 3.04. The SMILES string of the molecule is CC(C)C[Si](C)(C)CCCCCCCCCCCCCSCCO. The lowest BCUT2D eigenvalue weighted by molar-refractivity contribution is 0.322. The van der Waals surface area contributed by atoms with Crippen molar-refractivity contribution >= 4 is 19.8 Å². The minimum Gasteiger partial charge on any atom is -0.396 e. The Kier molecular flexibility index (Phi) is 17.3. The lowest BCUT2D eigenvalue weighted by atomic mass is 10.1. The summed E-state index contributed by atoms with van der Waals surface area (Å²) >= 11 is 1.89. The summed E-state index contributed by atoms with van der Waals surface area (Å²) in [5, 5.41) is 8.71. The van der Waals surface area contributed by atoms with Crippen molar-refractivity contribution in [1.29, 1.82) is 0 Å². The molecule has 0 aromatic heterocycles. The zero-order valence-electron chi connectivity index (χ0n) is 17.2.